The molecule has 0 amide bonds. The van der Waals surface area contributed by atoms with Gasteiger partial charge in [-0.2, -0.15) is 0 Å². The van der Waals surface area contributed by atoms with Crippen molar-refractivity contribution >= 4 is 29.3 Å². The number of anilines is 1. The summed E-state index contributed by atoms with van der Waals surface area (Å²) in [6.07, 6.45) is 3.29. The van der Waals surface area contributed by atoms with E-state index in [2.05, 4.69) is 46.2 Å². The molecule has 4 rings (SSSR count). The minimum atomic E-state index is -0.308. The van der Waals surface area contributed by atoms with Crippen molar-refractivity contribution in [3.05, 3.63) is 95.5 Å². The van der Waals surface area contributed by atoms with Gasteiger partial charge in [0.1, 0.15) is 6.61 Å². The van der Waals surface area contributed by atoms with E-state index in [-0.39, 0.29) is 5.97 Å². The normalized spacial score (nSPS) is 14.6. The maximum absolute atomic E-state index is 12.1. The second-order valence-electron chi connectivity index (χ2n) is 7.79. The molecule has 4 nitrogen and oxygen atoms in total. The van der Waals surface area contributed by atoms with Gasteiger partial charge in [0, 0.05) is 49.5 Å². The average molecular weight is 447 g/mol. The zero-order valence-corrected chi connectivity index (χ0v) is 18.7. The fourth-order valence-corrected chi connectivity index (χ4v) is 3.91. The van der Waals surface area contributed by atoms with Crippen molar-refractivity contribution in [2.24, 2.45) is 0 Å². The molecule has 0 atom stereocenters. The second kappa shape index (κ2) is 11.0. The first kappa shape index (κ1) is 22.1. The fourth-order valence-electron chi connectivity index (χ4n) is 3.79. The molecule has 0 aliphatic carbocycles. The van der Waals surface area contributed by atoms with Crippen molar-refractivity contribution in [2.75, 3.05) is 44.2 Å². The maximum atomic E-state index is 12.1. The summed E-state index contributed by atoms with van der Waals surface area (Å²) in [7, 11) is 0. The number of esters is 1. The predicted octanol–water partition coefficient (Wildman–Crippen LogP) is 5.39. The van der Waals surface area contributed by atoms with E-state index >= 15 is 0 Å². The summed E-state index contributed by atoms with van der Waals surface area (Å²) in [5, 5.41) is 0.757. The number of nitrogens with zero attached hydrogens (tertiary/aromatic N) is 2. The number of halogens is 1. The molecule has 0 radical (unpaired) electrons. The lowest BCUT2D eigenvalue weighted by atomic mass is 10.0. The lowest BCUT2D eigenvalue weighted by Gasteiger charge is -2.35. The van der Waals surface area contributed by atoms with Crippen LogP contribution in [0.25, 0.3) is 17.2 Å². The molecule has 1 aliphatic rings. The first-order valence-corrected chi connectivity index (χ1v) is 11.3. The molecule has 3 aromatic carbocycles. The number of rotatable bonds is 7. The van der Waals surface area contributed by atoms with E-state index in [1.165, 1.54) is 17.3 Å². The monoisotopic (exact) mass is 446 g/mol. The number of benzene rings is 3. The molecule has 0 saturated carbocycles. The molecule has 0 N–H and O–H groups in total. The molecule has 0 spiro atoms. The highest BCUT2D eigenvalue weighted by molar-refractivity contribution is 6.30. The van der Waals surface area contributed by atoms with E-state index in [4.69, 9.17) is 16.3 Å². The van der Waals surface area contributed by atoms with Crippen molar-refractivity contribution in [1.82, 2.24) is 4.90 Å². The van der Waals surface area contributed by atoms with Crippen molar-refractivity contribution < 1.29 is 9.53 Å². The van der Waals surface area contributed by atoms with Crippen LogP contribution < -0.4 is 4.90 Å². The van der Waals surface area contributed by atoms with Crippen LogP contribution in [-0.4, -0.2) is 50.2 Å². The minimum absolute atomic E-state index is 0.308. The molecule has 0 aromatic heterocycles. The first-order valence-electron chi connectivity index (χ1n) is 10.9. The van der Waals surface area contributed by atoms with Gasteiger partial charge in [-0.3, -0.25) is 4.90 Å². The SMILES string of the molecule is O=C(/C=C/c1ccc(-c2ccccc2)cc1)OCCN1CCN(c2ccc(Cl)cc2)CC1. The van der Waals surface area contributed by atoms with Gasteiger partial charge in [0.25, 0.3) is 0 Å². The summed E-state index contributed by atoms with van der Waals surface area (Å²) in [4.78, 5) is 16.7. The summed E-state index contributed by atoms with van der Waals surface area (Å²) < 4.78 is 5.39. The van der Waals surface area contributed by atoms with Crippen molar-refractivity contribution in [1.29, 1.82) is 0 Å². The van der Waals surface area contributed by atoms with Gasteiger partial charge >= 0.3 is 5.97 Å². The molecule has 3 aromatic rings. The topological polar surface area (TPSA) is 32.8 Å². The Morgan fingerprint density at radius 3 is 2.19 bits per heavy atom. The Hall–Kier alpha value is -3.08. The largest absolute Gasteiger partial charge is 0.461 e. The number of carbonyl (C=O) groups excluding carboxylic acids is 1. The van der Waals surface area contributed by atoms with Crippen LogP contribution in [0.2, 0.25) is 5.02 Å². The Morgan fingerprint density at radius 1 is 0.844 bits per heavy atom. The average Bonchev–Trinajstić information content (AvgIpc) is 2.85. The lowest BCUT2D eigenvalue weighted by Crippen LogP contribution is -2.47. The molecule has 0 unspecified atom stereocenters. The smallest absolute Gasteiger partial charge is 0.330 e. The van der Waals surface area contributed by atoms with Gasteiger partial charge in [-0.15, -0.1) is 0 Å². The summed E-state index contributed by atoms with van der Waals surface area (Å²) >= 11 is 5.97. The number of carbonyl (C=O) groups is 1. The lowest BCUT2D eigenvalue weighted by molar-refractivity contribution is -0.138. The summed E-state index contributed by atoms with van der Waals surface area (Å²) in [6, 6.07) is 26.3. The molecular weight excluding hydrogens is 420 g/mol. The summed E-state index contributed by atoms with van der Waals surface area (Å²) in [5.41, 5.74) is 4.50. The van der Waals surface area contributed by atoms with E-state index in [1.807, 2.05) is 42.5 Å². The standard InChI is InChI=1S/C27H27ClN2O2/c28-25-11-13-26(14-12-25)30-18-16-29(17-19-30)20-21-32-27(31)15-8-22-6-9-24(10-7-22)23-4-2-1-3-5-23/h1-15H,16-21H2/b15-8+. The van der Waals surface area contributed by atoms with Crippen LogP contribution in [-0.2, 0) is 9.53 Å². The summed E-state index contributed by atoms with van der Waals surface area (Å²) in [5.74, 6) is -0.308. The van der Waals surface area contributed by atoms with Crippen LogP contribution in [0, 0.1) is 0 Å². The molecule has 1 heterocycles. The third kappa shape index (κ3) is 6.22. The van der Waals surface area contributed by atoms with Gasteiger partial charge in [-0.05, 0) is 47.0 Å². The zero-order chi connectivity index (χ0) is 22.2. The highest BCUT2D eigenvalue weighted by Gasteiger charge is 2.17. The molecule has 32 heavy (non-hydrogen) atoms. The number of ether oxygens (including phenoxy) is 1. The third-order valence-corrected chi connectivity index (χ3v) is 5.90. The van der Waals surface area contributed by atoms with Crippen LogP contribution in [0.15, 0.2) is 84.9 Å². The van der Waals surface area contributed by atoms with Crippen LogP contribution in [0.4, 0.5) is 5.69 Å². The number of piperazine rings is 1. The number of hydrogen-bond donors (Lipinski definition) is 0. The maximum Gasteiger partial charge on any atom is 0.330 e. The van der Waals surface area contributed by atoms with E-state index in [0.717, 1.165) is 48.9 Å². The third-order valence-electron chi connectivity index (χ3n) is 5.65. The predicted molar refractivity (Wildman–Crippen MR) is 132 cm³/mol. The van der Waals surface area contributed by atoms with Crippen molar-refractivity contribution in [3.63, 3.8) is 0 Å². The van der Waals surface area contributed by atoms with Gasteiger partial charge in [0.05, 0.1) is 0 Å². The molecule has 1 aliphatic heterocycles. The van der Waals surface area contributed by atoms with Crippen LogP contribution in [0.1, 0.15) is 5.56 Å². The summed E-state index contributed by atoms with van der Waals surface area (Å²) in [6.45, 7) is 4.95. The van der Waals surface area contributed by atoms with Gasteiger partial charge < -0.3 is 9.64 Å². The van der Waals surface area contributed by atoms with Crippen LogP contribution >= 0.6 is 11.6 Å². The molecule has 1 fully saturated rings. The van der Waals surface area contributed by atoms with Gasteiger partial charge in [0.15, 0.2) is 0 Å². The molecule has 5 heteroatoms. The molecule has 164 valence electrons. The van der Waals surface area contributed by atoms with Crippen molar-refractivity contribution in [2.45, 2.75) is 0 Å². The first-order chi connectivity index (χ1) is 15.7. The van der Waals surface area contributed by atoms with E-state index in [9.17, 15) is 4.79 Å². The molecule has 0 bridgehead atoms. The second-order valence-corrected chi connectivity index (χ2v) is 8.23. The highest BCUT2D eigenvalue weighted by Crippen LogP contribution is 2.20. The van der Waals surface area contributed by atoms with Gasteiger partial charge in [-0.1, -0.05) is 66.2 Å². The number of hydrogen-bond acceptors (Lipinski definition) is 4. The molecule has 1 saturated heterocycles. The van der Waals surface area contributed by atoms with E-state index in [1.54, 1.807) is 6.08 Å². The minimum Gasteiger partial charge on any atom is -0.461 e. The van der Waals surface area contributed by atoms with Gasteiger partial charge in [-0.25, -0.2) is 4.79 Å². The Morgan fingerprint density at radius 2 is 1.50 bits per heavy atom. The Balaban J connectivity index is 1.17. The quantitative estimate of drug-likeness (QED) is 0.360. The Labute approximate surface area is 194 Å². The highest BCUT2D eigenvalue weighted by atomic mass is 35.5. The Kier molecular flexibility index (Phi) is 7.59. The van der Waals surface area contributed by atoms with E-state index < -0.39 is 0 Å². The van der Waals surface area contributed by atoms with Crippen LogP contribution in [0.3, 0.4) is 0 Å². The van der Waals surface area contributed by atoms with Crippen LogP contribution in [0.5, 0.6) is 0 Å². The Bertz CT molecular complexity index is 1030. The van der Waals surface area contributed by atoms with E-state index in [0.29, 0.717) is 6.61 Å². The van der Waals surface area contributed by atoms with Crippen molar-refractivity contribution in [3.8, 4) is 11.1 Å². The fraction of sp³-hybridized carbons (Fsp3) is 0.222. The molecular formula is C27H27ClN2O2. The van der Waals surface area contributed by atoms with Gasteiger partial charge in [0.2, 0.25) is 0 Å². The zero-order valence-electron chi connectivity index (χ0n) is 18.0.